The first-order valence-electron chi connectivity index (χ1n) is 6.02. The van der Waals surface area contributed by atoms with E-state index >= 15 is 0 Å². The van der Waals surface area contributed by atoms with Gasteiger partial charge in [0.15, 0.2) is 0 Å². The summed E-state index contributed by atoms with van der Waals surface area (Å²) >= 11 is 8.96. The maximum atomic E-state index is 3.68. The predicted molar refractivity (Wildman–Crippen MR) is 85.2 cm³/mol. The van der Waals surface area contributed by atoms with Crippen LogP contribution < -0.4 is 0 Å². The Hall–Kier alpha value is 0.620. The minimum atomic E-state index is 0.419. The Bertz CT molecular complexity index is 326. The van der Waals surface area contributed by atoms with Crippen LogP contribution in [0.15, 0.2) is 15.2 Å². The van der Waals surface area contributed by atoms with E-state index < -0.39 is 0 Å². The summed E-state index contributed by atoms with van der Waals surface area (Å²) in [7, 11) is 2.22. The predicted octanol–water partition coefficient (Wildman–Crippen LogP) is 5.14. The number of hydrogen-bond acceptors (Lipinski definition) is 2. The minimum absolute atomic E-state index is 0.419. The van der Waals surface area contributed by atoms with Gasteiger partial charge in [0.25, 0.3) is 0 Å². The maximum absolute atomic E-state index is 3.68. The highest BCUT2D eigenvalue weighted by Crippen LogP contribution is 2.30. The molecule has 1 heterocycles. The fourth-order valence-corrected chi connectivity index (χ4v) is 4.24. The van der Waals surface area contributed by atoms with E-state index in [1.54, 1.807) is 11.3 Å². The Morgan fingerprint density at radius 2 is 2.00 bits per heavy atom. The normalized spacial score (nSPS) is 12.4. The van der Waals surface area contributed by atoms with Gasteiger partial charge in [0.05, 0.1) is 3.79 Å². The van der Waals surface area contributed by atoms with Crippen molar-refractivity contribution in [1.29, 1.82) is 0 Å². The van der Waals surface area contributed by atoms with Gasteiger partial charge in [-0.05, 0) is 58.2 Å². The molecule has 0 amide bonds. The summed E-state index contributed by atoms with van der Waals surface area (Å²) in [6.07, 6.45) is 2.46. The van der Waals surface area contributed by atoms with Gasteiger partial charge in [0.1, 0.15) is 0 Å². The Kier molecular flexibility index (Phi) is 6.70. The molecule has 17 heavy (non-hydrogen) atoms. The maximum Gasteiger partial charge on any atom is 0.0701 e. The van der Waals surface area contributed by atoms with Crippen LogP contribution in [-0.2, 0) is 6.54 Å². The van der Waals surface area contributed by atoms with Crippen LogP contribution in [0, 0.1) is 5.41 Å². The third kappa shape index (κ3) is 4.66. The lowest BCUT2D eigenvalue weighted by atomic mass is 9.84. The van der Waals surface area contributed by atoms with Crippen LogP contribution in [0.1, 0.15) is 32.3 Å². The molecule has 0 unspecified atom stereocenters. The van der Waals surface area contributed by atoms with Crippen LogP contribution in [-0.4, -0.2) is 23.8 Å². The first-order chi connectivity index (χ1) is 8.05. The molecule has 0 aromatic carbocycles. The molecule has 1 rings (SSSR count). The van der Waals surface area contributed by atoms with Gasteiger partial charge >= 0.3 is 0 Å². The number of nitrogens with zero attached hydrogens (tertiary/aromatic N) is 1. The first-order valence-corrected chi connectivity index (χ1v) is 8.82. The summed E-state index contributed by atoms with van der Waals surface area (Å²) in [5.41, 5.74) is 1.82. The smallest absolute Gasteiger partial charge is 0.0701 e. The van der Waals surface area contributed by atoms with Gasteiger partial charge < -0.3 is 4.90 Å². The highest BCUT2D eigenvalue weighted by Gasteiger charge is 2.26. The molecule has 0 spiro atoms. The molecule has 1 aromatic rings. The number of hydrogen-bond donors (Lipinski definition) is 0. The highest BCUT2D eigenvalue weighted by molar-refractivity contribution is 9.11. The molecule has 4 heteroatoms. The van der Waals surface area contributed by atoms with E-state index in [9.17, 15) is 0 Å². The monoisotopic (exact) mass is 381 g/mol. The molecule has 98 valence electrons. The van der Waals surface area contributed by atoms with Crippen LogP contribution in [0.3, 0.4) is 0 Å². The SMILES string of the molecule is CCC(CC)(CBr)CN(C)Cc1csc(Br)c1. The molecule has 0 saturated heterocycles. The second kappa shape index (κ2) is 7.27. The largest absolute Gasteiger partial charge is 0.302 e. The van der Waals surface area contributed by atoms with Crippen molar-refractivity contribution in [1.82, 2.24) is 4.90 Å². The van der Waals surface area contributed by atoms with Gasteiger partial charge in [-0.25, -0.2) is 0 Å². The Balaban J connectivity index is 2.56. The van der Waals surface area contributed by atoms with Crippen molar-refractivity contribution in [3.63, 3.8) is 0 Å². The summed E-state index contributed by atoms with van der Waals surface area (Å²) in [6, 6.07) is 2.22. The molecule has 1 aromatic heterocycles. The molecule has 0 atom stereocenters. The van der Waals surface area contributed by atoms with Gasteiger partial charge in [0, 0.05) is 18.4 Å². The standard InChI is InChI=1S/C13H21Br2NS/c1-4-13(5-2,9-14)10-16(3)7-11-6-12(15)17-8-11/h6,8H,4-5,7,9-10H2,1-3H3. The third-order valence-corrected chi connectivity index (χ3v) is 6.21. The molecular weight excluding hydrogens is 362 g/mol. The minimum Gasteiger partial charge on any atom is -0.302 e. The van der Waals surface area contributed by atoms with Crippen molar-refractivity contribution in [2.45, 2.75) is 33.2 Å². The number of rotatable bonds is 7. The van der Waals surface area contributed by atoms with Crippen molar-refractivity contribution in [3.8, 4) is 0 Å². The van der Waals surface area contributed by atoms with Crippen LogP contribution in [0.5, 0.6) is 0 Å². The Morgan fingerprint density at radius 3 is 2.41 bits per heavy atom. The molecule has 0 bridgehead atoms. The van der Waals surface area contributed by atoms with E-state index in [4.69, 9.17) is 0 Å². The van der Waals surface area contributed by atoms with Gasteiger partial charge in [0.2, 0.25) is 0 Å². The zero-order valence-electron chi connectivity index (χ0n) is 10.8. The van der Waals surface area contributed by atoms with Crippen molar-refractivity contribution in [2.75, 3.05) is 18.9 Å². The van der Waals surface area contributed by atoms with E-state index in [1.807, 2.05) is 0 Å². The van der Waals surface area contributed by atoms with Crippen LogP contribution in [0.2, 0.25) is 0 Å². The van der Waals surface area contributed by atoms with E-state index in [0.29, 0.717) is 5.41 Å². The molecule has 0 saturated carbocycles. The zero-order chi connectivity index (χ0) is 12.9. The average Bonchev–Trinajstić information content (AvgIpc) is 2.72. The molecular formula is C13H21Br2NS. The fraction of sp³-hybridized carbons (Fsp3) is 0.692. The molecule has 0 fully saturated rings. The Labute approximate surface area is 126 Å². The summed E-state index contributed by atoms with van der Waals surface area (Å²) in [5.74, 6) is 0. The quantitative estimate of drug-likeness (QED) is 0.589. The van der Waals surface area contributed by atoms with E-state index in [-0.39, 0.29) is 0 Å². The fourth-order valence-electron chi connectivity index (χ4n) is 2.07. The zero-order valence-corrected chi connectivity index (χ0v) is 14.8. The van der Waals surface area contributed by atoms with Crippen molar-refractivity contribution >= 4 is 43.2 Å². The second-order valence-corrected chi connectivity index (χ2v) is 7.62. The van der Waals surface area contributed by atoms with Crippen LogP contribution >= 0.6 is 43.2 Å². The molecule has 0 radical (unpaired) electrons. The van der Waals surface area contributed by atoms with Gasteiger partial charge in [-0.3, -0.25) is 0 Å². The number of thiophene rings is 1. The second-order valence-electron chi connectivity index (χ2n) is 4.77. The molecule has 0 N–H and O–H groups in total. The summed E-state index contributed by atoms with van der Waals surface area (Å²) in [6.45, 7) is 6.77. The van der Waals surface area contributed by atoms with Crippen LogP contribution in [0.4, 0.5) is 0 Å². The van der Waals surface area contributed by atoms with Crippen molar-refractivity contribution < 1.29 is 0 Å². The topological polar surface area (TPSA) is 3.24 Å². The lowest BCUT2D eigenvalue weighted by Crippen LogP contribution is -2.35. The summed E-state index contributed by atoms with van der Waals surface area (Å²) in [5, 5.41) is 3.32. The van der Waals surface area contributed by atoms with Crippen molar-refractivity contribution in [2.24, 2.45) is 5.41 Å². The molecule has 0 aliphatic carbocycles. The van der Waals surface area contributed by atoms with Gasteiger partial charge in [-0.15, -0.1) is 11.3 Å². The van der Waals surface area contributed by atoms with Gasteiger partial charge in [-0.2, -0.15) is 0 Å². The summed E-state index contributed by atoms with van der Waals surface area (Å²) in [4.78, 5) is 2.43. The van der Waals surface area contributed by atoms with E-state index in [0.717, 1.165) is 18.4 Å². The lowest BCUT2D eigenvalue weighted by Gasteiger charge is -2.34. The molecule has 1 nitrogen and oxygen atoms in total. The lowest BCUT2D eigenvalue weighted by molar-refractivity contribution is 0.180. The van der Waals surface area contributed by atoms with E-state index in [2.05, 4.69) is 69.1 Å². The van der Waals surface area contributed by atoms with Crippen molar-refractivity contribution in [3.05, 3.63) is 20.8 Å². The summed E-state index contributed by atoms with van der Waals surface area (Å²) < 4.78 is 1.22. The van der Waals surface area contributed by atoms with Gasteiger partial charge in [-0.1, -0.05) is 29.8 Å². The van der Waals surface area contributed by atoms with Crippen LogP contribution in [0.25, 0.3) is 0 Å². The molecule has 0 aliphatic rings. The number of alkyl halides is 1. The average molecular weight is 383 g/mol. The highest BCUT2D eigenvalue weighted by atomic mass is 79.9. The number of halogens is 2. The van der Waals surface area contributed by atoms with E-state index in [1.165, 1.54) is 22.2 Å². The molecule has 0 aliphatic heterocycles. The third-order valence-electron chi connectivity index (χ3n) is 3.46. The first kappa shape index (κ1) is 15.7. The Morgan fingerprint density at radius 1 is 1.35 bits per heavy atom.